The van der Waals surface area contributed by atoms with Gasteiger partial charge in [0.15, 0.2) is 0 Å². The molecule has 3 atom stereocenters. The van der Waals surface area contributed by atoms with Gasteiger partial charge in [-0.05, 0) is 12.5 Å². The van der Waals surface area contributed by atoms with E-state index in [4.69, 9.17) is 0 Å². The van der Waals surface area contributed by atoms with E-state index < -0.39 is 12.2 Å². The standard InChI is InChI=1S/C16H22N2O4.ClH/c1-10(16(22)11-5-3-2-4-6-11)17-9-13(19)12-7-14(20)18-15(21)8-12;/h2-6,10,12-13,16-17,19,22H,7-9H2,1H3,(H,18,20,21);1H. The van der Waals surface area contributed by atoms with Gasteiger partial charge in [-0.25, -0.2) is 0 Å². The van der Waals surface area contributed by atoms with Crippen molar-refractivity contribution in [3.63, 3.8) is 0 Å². The zero-order valence-electron chi connectivity index (χ0n) is 13.0. The molecule has 0 aliphatic carbocycles. The maximum absolute atomic E-state index is 11.3. The van der Waals surface area contributed by atoms with Gasteiger partial charge in [0.05, 0.1) is 0 Å². The normalized spacial score (nSPS) is 19.4. The lowest BCUT2D eigenvalue weighted by atomic mass is 9.91. The molecule has 1 fully saturated rings. The number of rotatable bonds is 6. The minimum absolute atomic E-state index is 0. The van der Waals surface area contributed by atoms with Crippen LogP contribution in [0.2, 0.25) is 0 Å². The second-order valence-electron chi connectivity index (χ2n) is 5.89. The number of aliphatic hydroxyl groups is 2. The SMILES string of the molecule is CC([NH2+]CC(O)C1CC(=O)NC(=O)C1)C(O)c1ccccc1.[Cl-]. The molecule has 7 heteroatoms. The van der Waals surface area contributed by atoms with Gasteiger partial charge in [0.25, 0.3) is 0 Å². The first kappa shape index (κ1) is 19.6. The molecule has 0 bridgehead atoms. The molecule has 0 saturated carbocycles. The number of amides is 2. The molecular weight excluding hydrogens is 320 g/mol. The average molecular weight is 343 g/mol. The van der Waals surface area contributed by atoms with Gasteiger partial charge in [-0.15, -0.1) is 0 Å². The second-order valence-corrected chi connectivity index (χ2v) is 5.89. The van der Waals surface area contributed by atoms with Crippen molar-refractivity contribution in [3.8, 4) is 0 Å². The third kappa shape index (κ3) is 5.58. The van der Waals surface area contributed by atoms with E-state index in [0.717, 1.165) is 5.56 Å². The summed E-state index contributed by atoms with van der Waals surface area (Å²) in [7, 11) is 0. The minimum Gasteiger partial charge on any atom is -1.00 e. The van der Waals surface area contributed by atoms with Crippen LogP contribution in [0.5, 0.6) is 0 Å². The van der Waals surface area contributed by atoms with E-state index in [2.05, 4.69) is 5.32 Å². The number of imide groups is 1. The molecular formula is C16H23ClN2O4. The second kappa shape index (κ2) is 8.98. The Morgan fingerprint density at radius 1 is 1.17 bits per heavy atom. The Balaban J connectivity index is 0.00000264. The van der Waals surface area contributed by atoms with Crippen molar-refractivity contribution >= 4 is 11.8 Å². The van der Waals surface area contributed by atoms with E-state index in [-0.39, 0.29) is 49.0 Å². The highest BCUT2D eigenvalue weighted by molar-refractivity contribution is 5.97. The van der Waals surface area contributed by atoms with Crippen molar-refractivity contribution in [2.24, 2.45) is 5.92 Å². The average Bonchev–Trinajstić information content (AvgIpc) is 2.51. The van der Waals surface area contributed by atoms with Gasteiger partial charge in [0.2, 0.25) is 11.8 Å². The quantitative estimate of drug-likeness (QED) is 0.397. The van der Waals surface area contributed by atoms with Gasteiger partial charge in [0, 0.05) is 18.8 Å². The summed E-state index contributed by atoms with van der Waals surface area (Å²) in [4.78, 5) is 22.7. The number of hydrogen-bond acceptors (Lipinski definition) is 4. The molecule has 2 rings (SSSR count). The molecule has 1 aromatic rings. The Morgan fingerprint density at radius 2 is 1.74 bits per heavy atom. The molecule has 0 radical (unpaired) electrons. The number of hydrogen-bond donors (Lipinski definition) is 4. The number of halogens is 1. The topological polar surface area (TPSA) is 103 Å². The predicted molar refractivity (Wildman–Crippen MR) is 79.5 cm³/mol. The molecule has 5 N–H and O–H groups in total. The number of nitrogens with two attached hydrogens (primary N) is 1. The Labute approximate surface area is 141 Å². The fraction of sp³-hybridized carbons (Fsp3) is 0.500. The zero-order chi connectivity index (χ0) is 16.1. The van der Waals surface area contributed by atoms with Crippen molar-refractivity contribution in [2.45, 2.75) is 38.0 Å². The summed E-state index contributed by atoms with van der Waals surface area (Å²) in [6.45, 7) is 2.22. The fourth-order valence-corrected chi connectivity index (χ4v) is 2.71. The summed E-state index contributed by atoms with van der Waals surface area (Å²) in [5.74, 6) is -1.02. The van der Waals surface area contributed by atoms with Gasteiger partial charge < -0.3 is 27.9 Å². The largest absolute Gasteiger partial charge is 1.00 e. The Bertz CT molecular complexity index is 510. The van der Waals surface area contributed by atoms with Crippen LogP contribution in [0.15, 0.2) is 30.3 Å². The molecule has 1 saturated heterocycles. The van der Waals surface area contributed by atoms with Crippen molar-refractivity contribution in [2.75, 3.05) is 6.54 Å². The molecule has 1 aromatic carbocycles. The van der Waals surface area contributed by atoms with Crippen LogP contribution in [0.3, 0.4) is 0 Å². The smallest absolute Gasteiger partial charge is 0.226 e. The van der Waals surface area contributed by atoms with Gasteiger partial charge in [-0.2, -0.15) is 0 Å². The molecule has 0 spiro atoms. The van der Waals surface area contributed by atoms with Gasteiger partial charge >= 0.3 is 0 Å². The van der Waals surface area contributed by atoms with Crippen LogP contribution >= 0.6 is 0 Å². The van der Waals surface area contributed by atoms with Crippen LogP contribution in [0, 0.1) is 5.92 Å². The highest BCUT2D eigenvalue weighted by Gasteiger charge is 2.32. The minimum atomic E-state index is -0.750. The first-order valence-electron chi connectivity index (χ1n) is 7.54. The molecule has 1 aliphatic rings. The van der Waals surface area contributed by atoms with Crippen molar-refractivity contribution in [3.05, 3.63) is 35.9 Å². The maximum atomic E-state index is 11.3. The third-order valence-electron chi connectivity index (χ3n) is 4.11. The highest BCUT2D eigenvalue weighted by atomic mass is 35.5. The van der Waals surface area contributed by atoms with Crippen molar-refractivity contribution in [1.29, 1.82) is 0 Å². The van der Waals surface area contributed by atoms with E-state index in [1.54, 1.807) is 0 Å². The summed E-state index contributed by atoms with van der Waals surface area (Å²) >= 11 is 0. The van der Waals surface area contributed by atoms with Gasteiger partial charge in [0.1, 0.15) is 24.8 Å². The summed E-state index contributed by atoms with van der Waals surface area (Å²) < 4.78 is 0. The molecule has 1 heterocycles. The first-order chi connectivity index (χ1) is 10.5. The lowest BCUT2D eigenvalue weighted by Gasteiger charge is -2.26. The van der Waals surface area contributed by atoms with Crippen LogP contribution in [0.1, 0.15) is 31.4 Å². The molecule has 1 aliphatic heterocycles. The molecule has 128 valence electrons. The molecule has 3 unspecified atom stereocenters. The number of aliphatic hydroxyl groups excluding tert-OH is 2. The number of nitrogens with one attached hydrogen (secondary N) is 1. The van der Waals surface area contributed by atoms with Crippen LogP contribution in [-0.2, 0) is 9.59 Å². The van der Waals surface area contributed by atoms with E-state index in [0.29, 0.717) is 6.54 Å². The molecule has 0 aromatic heterocycles. The number of piperidine rings is 1. The van der Waals surface area contributed by atoms with Gasteiger partial charge in [-0.3, -0.25) is 14.9 Å². The van der Waals surface area contributed by atoms with Crippen LogP contribution in [-0.4, -0.2) is 40.7 Å². The maximum Gasteiger partial charge on any atom is 0.226 e. The lowest BCUT2D eigenvalue weighted by Crippen LogP contribution is -3.00. The molecule has 6 nitrogen and oxygen atoms in total. The summed E-state index contributed by atoms with van der Waals surface area (Å²) in [6.07, 6.45) is -1.06. The van der Waals surface area contributed by atoms with Crippen molar-refractivity contribution < 1.29 is 37.5 Å². The summed E-state index contributed by atoms with van der Waals surface area (Å²) in [5.41, 5.74) is 0.827. The number of benzene rings is 1. The first-order valence-corrected chi connectivity index (χ1v) is 7.54. The Kier molecular flexibility index (Phi) is 7.64. The van der Waals surface area contributed by atoms with Crippen molar-refractivity contribution in [1.82, 2.24) is 5.32 Å². The Hall–Kier alpha value is -1.47. The predicted octanol–water partition coefficient (Wildman–Crippen LogP) is -3.91. The molecule has 2 amide bonds. The van der Waals surface area contributed by atoms with E-state index in [1.807, 2.05) is 42.6 Å². The van der Waals surface area contributed by atoms with E-state index in [9.17, 15) is 19.8 Å². The van der Waals surface area contributed by atoms with E-state index >= 15 is 0 Å². The third-order valence-corrected chi connectivity index (χ3v) is 4.11. The monoisotopic (exact) mass is 342 g/mol. The fourth-order valence-electron chi connectivity index (χ4n) is 2.71. The number of carbonyl (C=O) groups is 2. The molecule has 23 heavy (non-hydrogen) atoms. The van der Waals surface area contributed by atoms with Gasteiger partial charge in [-0.1, -0.05) is 30.3 Å². The Morgan fingerprint density at radius 3 is 2.30 bits per heavy atom. The number of carbonyl (C=O) groups excluding carboxylic acids is 2. The lowest BCUT2D eigenvalue weighted by molar-refractivity contribution is -0.700. The highest BCUT2D eigenvalue weighted by Crippen LogP contribution is 2.17. The van der Waals surface area contributed by atoms with Crippen LogP contribution in [0.25, 0.3) is 0 Å². The van der Waals surface area contributed by atoms with Crippen LogP contribution in [0.4, 0.5) is 0 Å². The van der Waals surface area contributed by atoms with E-state index in [1.165, 1.54) is 0 Å². The van der Waals surface area contributed by atoms with Crippen LogP contribution < -0.4 is 23.0 Å². The summed E-state index contributed by atoms with van der Waals surface area (Å²) in [5, 5.41) is 24.5. The zero-order valence-corrected chi connectivity index (χ0v) is 13.7. The summed E-state index contributed by atoms with van der Waals surface area (Å²) in [6, 6.07) is 9.20. The number of quaternary nitrogens is 1.